The van der Waals surface area contributed by atoms with E-state index in [1.165, 1.54) is 6.07 Å². The smallest absolute Gasteiger partial charge is 0.123 e. The van der Waals surface area contributed by atoms with Crippen molar-refractivity contribution in [3.8, 4) is 0 Å². The second-order valence-corrected chi connectivity index (χ2v) is 4.48. The van der Waals surface area contributed by atoms with Gasteiger partial charge in [-0.25, -0.2) is 4.39 Å². The molecule has 0 bridgehead atoms. The minimum atomic E-state index is -0.205. The molecule has 2 rings (SSSR count). The van der Waals surface area contributed by atoms with Gasteiger partial charge >= 0.3 is 0 Å². The first-order chi connectivity index (χ1) is 7.68. The maximum Gasteiger partial charge on any atom is 0.123 e. The fraction of sp³-hybridized carbons (Fsp3) is 0.538. The van der Waals surface area contributed by atoms with Crippen LogP contribution in [0.4, 0.5) is 4.39 Å². The molecular formula is C13H18FNO. The normalized spacial score (nSPS) is 19.7. The Morgan fingerprint density at radius 1 is 1.38 bits per heavy atom. The Bertz CT molecular complexity index is 361. The number of rotatable bonds is 2. The highest BCUT2D eigenvalue weighted by atomic mass is 19.1. The van der Waals surface area contributed by atoms with Gasteiger partial charge in [0.05, 0.1) is 0 Å². The van der Waals surface area contributed by atoms with Crippen LogP contribution in [0.5, 0.6) is 0 Å². The van der Waals surface area contributed by atoms with E-state index in [2.05, 4.69) is 0 Å². The number of nitrogens with two attached hydrogens (primary N) is 1. The molecule has 1 saturated heterocycles. The van der Waals surface area contributed by atoms with Crippen LogP contribution in [0.2, 0.25) is 0 Å². The van der Waals surface area contributed by atoms with Crippen LogP contribution in [0.15, 0.2) is 18.2 Å². The van der Waals surface area contributed by atoms with E-state index in [9.17, 15) is 4.39 Å². The molecule has 1 aliphatic heterocycles. The predicted octanol–water partition coefficient (Wildman–Crippen LogP) is 2.56. The molecule has 0 saturated carbocycles. The van der Waals surface area contributed by atoms with Crippen LogP contribution in [0, 0.1) is 18.7 Å². The molecule has 1 atom stereocenters. The number of benzene rings is 1. The third kappa shape index (κ3) is 2.42. The van der Waals surface area contributed by atoms with Crippen molar-refractivity contribution in [2.45, 2.75) is 25.8 Å². The first-order valence-corrected chi connectivity index (χ1v) is 5.78. The lowest BCUT2D eigenvalue weighted by Crippen LogP contribution is -2.28. The highest BCUT2D eigenvalue weighted by molar-refractivity contribution is 5.29. The molecule has 1 heterocycles. The second-order valence-electron chi connectivity index (χ2n) is 4.48. The molecule has 1 aliphatic rings. The van der Waals surface area contributed by atoms with Crippen LogP contribution in [0.3, 0.4) is 0 Å². The summed E-state index contributed by atoms with van der Waals surface area (Å²) in [6.07, 6.45) is 1.94. The van der Waals surface area contributed by atoms with Gasteiger partial charge in [-0.1, -0.05) is 6.07 Å². The van der Waals surface area contributed by atoms with Crippen molar-refractivity contribution in [1.29, 1.82) is 0 Å². The lowest BCUT2D eigenvalue weighted by molar-refractivity contribution is 0.0583. The molecule has 0 spiro atoms. The largest absolute Gasteiger partial charge is 0.381 e. The van der Waals surface area contributed by atoms with E-state index < -0.39 is 0 Å². The van der Waals surface area contributed by atoms with Gasteiger partial charge in [0, 0.05) is 19.3 Å². The van der Waals surface area contributed by atoms with E-state index in [4.69, 9.17) is 10.5 Å². The second kappa shape index (κ2) is 4.93. The standard InChI is InChI=1S/C13H18FNO/c1-9-2-3-11(14)8-12(9)13(15)10-4-6-16-7-5-10/h2-3,8,10,13H,4-7,15H2,1H3. The van der Waals surface area contributed by atoms with Crippen LogP contribution in [0.1, 0.15) is 30.0 Å². The minimum Gasteiger partial charge on any atom is -0.381 e. The Morgan fingerprint density at radius 2 is 2.06 bits per heavy atom. The summed E-state index contributed by atoms with van der Waals surface area (Å²) in [5, 5.41) is 0. The maximum absolute atomic E-state index is 13.2. The topological polar surface area (TPSA) is 35.2 Å². The van der Waals surface area contributed by atoms with Gasteiger partial charge in [-0.15, -0.1) is 0 Å². The summed E-state index contributed by atoms with van der Waals surface area (Å²) in [5.74, 6) is 0.206. The van der Waals surface area contributed by atoms with Gasteiger partial charge in [-0.2, -0.15) is 0 Å². The molecule has 0 aliphatic carbocycles. The highest BCUT2D eigenvalue weighted by Gasteiger charge is 2.23. The Kier molecular flexibility index (Phi) is 3.56. The van der Waals surface area contributed by atoms with Crippen LogP contribution in [-0.4, -0.2) is 13.2 Å². The Labute approximate surface area is 95.6 Å². The molecule has 16 heavy (non-hydrogen) atoms. The SMILES string of the molecule is Cc1ccc(F)cc1C(N)C1CCOCC1. The van der Waals surface area contributed by atoms with Crippen molar-refractivity contribution >= 4 is 0 Å². The van der Waals surface area contributed by atoms with E-state index in [-0.39, 0.29) is 11.9 Å². The van der Waals surface area contributed by atoms with Crippen molar-refractivity contribution in [2.75, 3.05) is 13.2 Å². The van der Waals surface area contributed by atoms with Crippen molar-refractivity contribution in [3.63, 3.8) is 0 Å². The van der Waals surface area contributed by atoms with E-state index in [0.29, 0.717) is 5.92 Å². The van der Waals surface area contributed by atoms with E-state index in [1.807, 2.05) is 6.92 Å². The third-order valence-electron chi connectivity index (χ3n) is 3.37. The summed E-state index contributed by atoms with van der Waals surface area (Å²) in [5.41, 5.74) is 8.22. The highest BCUT2D eigenvalue weighted by Crippen LogP contribution is 2.30. The number of ether oxygens (including phenoxy) is 1. The number of hydrogen-bond donors (Lipinski definition) is 1. The average Bonchev–Trinajstić information content (AvgIpc) is 2.32. The van der Waals surface area contributed by atoms with Crippen LogP contribution < -0.4 is 5.73 Å². The third-order valence-corrected chi connectivity index (χ3v) is 3.37. The quantitative estimate of drug-likeness (QED) is 0.836. The van der Waals surface area contributed by atoms with Crippen LogP contribution in [0.25, 0.3) is 0 Å². The molecule has 0 amide bonds. The van der Waals surface area contributed by atoms with Crippen molar-refractivity contribution in [2.24, 2.45) is 11.7 Å². The fourth-order valence-corrected chi connectivity index (χ4v) is 2.30. The minimum absolute atomic E-state index is 0.0698. The summed E-state index contributed by atoms with van der Waals surface area (Å²) < 4.78 is 18.5. The Balaban J connectivity index is 2.18. The van der Waals surface area contributed by atoms with Gasteiger partial charge in [0.1, 0.15) is 5.82 Å². The summed E-state index contributed by atoms with van der Waals surface area (Å²) in [4.78, 5) is 0. The van der Waals surface area contributed by atoms with Gasteiger partial charge in [-0.3, -0.25) is 0 Å². The summed E-state index contributed by atoms with van der Waals surface area (Å²) in [6.45, 7) is 3.52. The fourth-order valence-electron chi connectivity index (χ4n) is 2.30. The summed E-state index contributed by atoms with van der Waals surface area (Å²) in [7, 11) is 0. The van der Waals surface area contributed by atoms with Gasteiger partial charge in [0.15, 0.2) is 0 Å². The zero-order chi connectivity index (χ0) is 11.5. The molecule has 1 aromatic rings. The van der Waals surface area contributed by atoms with E-state index >= 15 is 0 Å². The molecule has 1 unspecified atom stereocenters. The van der Waals surface area contributed by atoms with Gasteiger partial charge in [0.25, 0.3) is 0 Å². The number of aryl methyl sites for hydroxylation is 1. The maximum atomic E-state index is 13.2. The zero-order valence-electron chi connectivity index (χ0n) is 9.58. The molecule has 1 fully saturated rings. The summed E-state index contributed by atoms with van der Waals surface area (Å²) >= 11 is 0. The van der Waals surface area contributed by atoms with Gasteiger partial charge in [-0.05, 0) is 48.9 Å². The molecule has 3 heteroatoms. The van der Waals surface area contributed by atoms with Gasteiger partial charge in [0.2, 0.25) is 0 Å². The van der Waals surface area contributed by atoms with Crippen molar-refractivity contribution in [3.05, 3.63) is 35.1 Å². The molecule has 0 aromatic heterocycles. The number of hydrogen-bond acceptors (Lipinski definition) is 2. The first-order valence-electron chi connectivity index (χ1n) is 5.78. The van der Waals surface area contributed by atoms with Crippen LogP contribution >= 0.6 is 0 Å². The predicted molar refractivity (Wildman–Crippen MR) is 61.6 cm³/mol. The Morgan fingerprint density at radius 3 is 2.75 bits per heavy atom. The van der Waals surface area contributed by atoms with Crippen molar-refractivity contribution in [1.82, 2.24) is 0 Å². The van der Waals surface area contributed by atoms with Gasteiger partial charge < -0.3 is 10.5 Å². The molecular weight excluding hydrogens is 205 g/mol. The molecule has 88 valence electrons. The van der Waals surface area contributed by atoms with Crippen LogP contribution in [-0.2, 0) is 4.74 Å². The zero-order valence-corrected chi connectivity index (χ0v) is 9.58. The average molecular weight is 223 g/mol. The molecule has 1 aromatic carbocycles. The monoisotopic (exact) mass is 223 g/mol. The molecule has 2 N–H and O–H groups in total. The lowest BCUT2D eigenvalue weighted by Gasteiger charge is -2.28. The molecule has 2 nitrogen and oxygen atoms in total. The lowest BCUT2D eigenvalue weighted by atomic mass is 9.86. The first kappa shape index (κ1) is 11.6. The van der Waals surface area contributed by atoms with E-state index in [1.54, 1.807) is 12.1 Å². The number of halogens is 1. The Hall–Kier alpha value is -0.930. The molecule has 0 radical (unpaired) electrons. The van der Waals surface area contributed by atoms with E-state index in [0.717, 1.165) is 37.2 Å². The summed E-state index contributed by atoms with van der Waals surface area (Å²) in [6, 6.07) is 4.77. The van der Waals surface area contributed by atoms with Crippen molar-refractivity contribution < 1.29 is 9.13 Å².